The first-order valence-electron chi connectivity index (χ1n) is 10.1. The molecule has 2 aliphatic rings. The minimum atomic E-state index is -0.142. The number of likely N-dealkylation sites (N-methyl/N-ethyl adjacent to an activating group) is 1. The first-order valence-corrected chi connectivity index (χ1v) is 10.1. The lowest BCUT2D eigenvalue weighted by Gasteiger charge is -2.33. The van der Waals surface area contributed by atoms with Crippen LogP contribution in [0.25, 0.3) is 27.6 Å². The summed E-state index contributed by atoms with van der Waals surface area (Å²) in [5.41, 5.74) is 2.78. The van der Waals surface area contributed by atoms with E-state index in [1.807, 2.05) is 36.4 Å². The number of methoxy groups -OCH3 is 1. The van der Waals surface area contributed by atoms with Crippen LogP contribution >= 0.6 is 0 Å². The van der Waals surface area contributed by atoms with Crippen LogP contribution in [0.3, 0.4) is 0 Å². The number of nitrogens with zero attached hydrogens (tertiary/aromatic N) is 5. The van der Waals surface area contributed by atoms with Gasteiger partial charge in [-0.2, -0.15) is 0 Å². The maximum atomic E-state index is 13.1. The van der Waals surface area contributed by atoms with Crippen molar-refractivity contribution in [2.75, 3.05) is 45.2 Å². The average molecular weight is 404 g/mol. The SMILES string of the molecule is COC1=CC=C(n2[nH]c3c(cnc4ccc(N5CCN(C)CC5)nc43)c2=O)C=CC1. The quantitative estimate of drug-likeness (QED) is 0.722. The number of allylic oxidation sites excluding steroid dienone is 5. The van der Waals surface area contributed by atoms with Crippen LogP contribution in [0.5, 0.6) is 0 Å². The normalized spacial score (nSPS) is 17.9. The second-order valence-corrected chi connectivity index (χ2v) is 7.66. The van der Waals surface area contributed by atoms with E-state index in [2.05, 4.69) is 26.9 Å². The molecule has 0 spiro atoms. The zero-order valence-electron chi connectivity index (χ0n) is 17.1. The fraction of sp³-hybridized carbons (Fsp3) is 0.318. The summed E-state index contributed by atoms with van der Waals surface area (Å²) in [4.78, 5) is 27.0. The summed E-state index contributed by atoms with van der Waals surface area (Å²) in [7, 11) is 3.78. The van der Waals surface area contributed by atoms with Gasteiger partial charge in [-0.05, 0) is 37.4 Å². The molecule has 3 aromatic rings. The van der Waals surface area contributed by atoms with Crippen LogP contribution < -0.4 is 10.5 Å². The summed E-state index contributed by atoms with van der Waals surface area (Å²) < 4.78 is 6.86. The molecular weight excluding hydrogens is 380 g/mol. The Morgan fingerprint density at radius 2 is 1.97 bits per heavy atom. The molecule has 4 heterocycles. The average Bonchev–Trinajstić information content (AvgIpc) is 2.95. The van der Waals surface area contributed by atoms with E-state index in [1.54, 1.807) is 18.0 Å². The van der Waals surface area contributed by atoms with Gasteiger partial charge in [0.1, 0.15) is 11.3 Å². The monoisotopic (exact) mass is 404 g/mol. The third-order valence-corrected chi connectivity index (χ3v) is 5.75. The minimum Gasteiger partial charge on any atom is -0.501 e. The van der Waals surface area contributed by atoms with Crippen molar-refractivity contribution in [1.29, 1.82) is 0 Å². The predicted octanol–water partition coefficient (Wildman–Crippen LogP) is 2.36. The zero-order chi connectivity index (χ0) is 20.7. The Labute approximate surface area is 173 Å². The highest BCUT2D eigenvalue weighted by molar-refractivity contribution is 6.01. The molecule has 1 aliphatic carbocycles. The number of fused-ring (bicyclic) bond motifs is 3. The lowest BCUT2D eigenvalue weighted by molar-refractivity contribution is 0.285. The van der Waals surface area contributed by atoms with Crippen LogP contribution in [-0.2, 0) is 4.74 Å². The third kappa shape index (κ3) is 3.19. The third-order valence-electron chi connectivity index (χ3n) is 5.75. The number of aromatic amines is 1. The molecule has 30 heavy (non-hydrogen) atoms. The molecule has 8 nitrogen and oxygen atoms in total. The number of rotatable bonds is 3. The smallest absolute Gasteiger partial charge is 0.280 e. The predicted molar refractivity (Wildman–Crippen MR) is 118 cm³/mol. The van der Waals surface area contributed by atoms with Crippen LogP contribution in [0.1, 0.15) is 6.42 Å². The highest BCUT2D eigenvalue weighted by Gasteiger charge is 2.18. The second-order valence-electron chi connectivity index (χ2n) is 7.66. The van der Waals surface area contributed by atoms with Crippen molar-refractivity contribution in [2.45, 2.75) is 6.42 Å². The first-order chi connectivity index (χ1) is 14.6. The topological polar surface area (TPSA) is 79.3 Å². The van der Waals surface area contributed by atoms with Gasteiger partial charge in [-0.3, -0.25) is 14.9 Å². The van der Waals surface area contributed by atoms with Crippen molar-refractivity contribution in [1.82, 2.24) is 24.6 Å². The van der Waals surface area contributed by atoms with Crippen LogP contribution in [-0.4, -0.2) is 65.0 Å². The maximum Gasteiger partial charge on any atom is 0.280 e. The summed E-state index contributed by atoms with van der Waals surface area (Å²) in [6.07, 6.45) is 9.96. The number of hydrogen-bond acceptors (Lipinski definition) is 6. The molecule has 8 heteroatoms. The van der Waals surface area contributed by atoms with E-state index in [0.717, 1.165) is 49.0 Å². The molecule has 1 fully saturated rings. The van der Waals surface area contributed by atoms with Crippen LogP contribution in [0.2, 0.25) is 0 Å². The van der Waals surface area contributed by atoms with Crippen molar-refractivity contribution in [2.24, 2.45) is 0 Å². The summed E-state index contributed by atoms with van der Waals surface area (Å²) in [6.45, 7) is 3.88. The van der Waals surface area contributed by atoms with Crippen molar-refractivity contribution in [3.63, 3.8) is 0 Å². The van der Waals surface area contributed by atoms with Gasteiger partial charge in [0.05, 0.1) is 35.0 Å². The molecule has 5 rings (SSSR count). The minimum absolute atomic E-state index is 0.142. The molecule has 0 saturated carbocycles. The number of nitrogens with one attached hydrogen (secondary N) is 1. The van der Waals surface area contributed by atoms with Crippen molar-refractivity contribution < 1.29 is 4.74 Å². The van der Waals surface area contributed by atoms with Gasteiger partial charge in [-0.25, -0.2) is 9.67 Å². The van der Waals surface area contributed by atoms with E-state index in [9.17, 15) is 4.79 Å². The van der Waals surface area contributed by atoms with E-state index in [1.165, 1.54) is 0 Å². The molecule has 3 aromatic heterocycles. The van der Waals surface area contributed by atoms with Crippen LogP contribution in [0, 0.1) is 0 Å². The van der Waals surface area contributed by atoms with Gasteiger partial charge in [0.25, 0.3) is 5.56 Å². The number of hydrogen-bond donors (Lipinski definition) is 1. The number of anilines is 1. The number of aromatic nitrogens is 4. The second kappa shape index (κ2) is 7.46. The molecule has 0 radical (unpaired) electrons. The Hall–Kier alpha value is -3.39. The molecule has 0 unspecified atom stereocenters. The fourth-order valence-electron chi connectivity index (χ4n) is 3.91. The number of pyridine rings is 2. The zero-order valence-corrected chi connectivity index (χ0v) is 17.1. The van der Waals surface area contributed by atoms with Gasteiger partial charge in [-0.15, -0.1) is 0 Å². The molecule has 1 saturated heterocycles. The van der Waals surface area contributed by atoms with Crippen molar-refractivity contribution in [3.8, 4) is 0 Å². The van der Waals surface area contributed by atoms with Crippen LogP contribution in [0.4, 0.5) is 5.82 Å². The number of piperazine rings is 1. The Bertz CT molecular complexity index is 1260. The molecule has 1 N–H and O–H groups in total. The summed E-state index contributed by atoms with van der Waals surface area (Å²) in [6, 6.07) is 3.98. The van der Waals surface area contributed by atoms with Gasteiger partial charge in [-0.1, -0.05) is 6.08 Å². The van der Waals surface area contributed by atoms with Gasteiger partial charge in [0.2, 0.25) is 0 Å². The van der Waals surface area contributed by atoms with E-state index in [4.69, 9.17) is 9.72 Å². The number of ether oxygens (including phenoxy) is 1. The van der Waals surface area contributed by atoms with Gasteiger partial charge in [0, 0.05) is 38.8 Å². The molecule has 0 aromatic carbocycles. The maximum absolute atomic E-state index is 13.1. The standard InChI is InChI=1S/C22H24N6O2/c1-26-10-12-27(13-11-26)19-9-8-18-21(24-19)20-17(14-23-18)22(29)28(25-20)15-4-3-5-16(30-2)7-6-15/h3-4,6-9,14,25H,5,10-13H2,1-2H3. The van der Waals surface area contributed by atoms with E-state index < -0.39 is 0 Å². The number of H-pyrrole nitrogens is 1. The molecule has 1 aliphatic heterocycles. The van der Waals surface area contributed by atoms with Gasteiger partial charge >= 0.3 is 0 Å². The van der Waals surface area contributed by atoms with E-state index in [0.29, 0.717) is 22.8 Å². The van der Waals surface area contributed by atoms with Gasteiger partial charge < -0.3 is 14.5 Å². The molecule has 154 valence electrons. The Morgan fingerprint density at radius 1 is 1.13 bits per heavy atom. The Morgan fingerprint density at radius 3 is 2.77 bits per heavy atom. The van der Waals surface area contributed by atoms with Crippen molar-refractivity contribution in [3.05, 3.63) is 58.7 Å². The highest BCUT2D eigenvalue weighted by atomic mass is 16.5. The van der Waals surface area contributed by atoms with E-state index >= 15 is 0 Å². The highest BCUT2D eigenvalue weighted by Crippen LogP contribution is 2.24. The summed E-state index contributed by atoms with van der Waals surface area (Å²) >= 11 is 0. The Kier molecular flexibility index (Phi) is 4.63. The van der Waals surface area contributed by atoms with Crippen molar-refractivity contribution >= 4 is 33.5 Å². The summed E-state index contributed by atoms with van der Waals surface area (Å²) in [5.74, 6) is 1.76. The van der Waals surface area contributed by atoms with Crippen LogP contribution in [0.15, 0.2) is 53.2 Å². The molecule has 0 atom stereocenters. The fourth-order valence-corrected chi connectivity index (χ4v) is 3.91. The first kappa shape index (κ1) is 18.6. The molecule has 0 amide bonds. The molecule has 0 bridgehead atoms. The van der Waals surface area contributed by atoms with Gasteiger partial charge in [0.15, 0.2) is 0 Å². The van der Waals surface area contributed by atoms with E-state index in [-0.39, 0.29) is 5.56 Å². The lowest BCUT2D eigenvalue weighted by Crippen LogP contribution is -2.44. The molecular formula is C22H24N6O2. The lowest BCUT2D eigenvalue weighted by atomic mass is 10.2. The Balaban J connectivity index is 1.62. The largest absolute Gasteiger partial charge is 0.501 e. The summed E-state index contributed by atoms with van der Waals surface area (Å²) in [5, 5.41) is 3.79.